The molecule has 152 valence electrons. The van der Waals surface area contributed by atoms with Crippen LogP contribution >= 0.6 is 11.3 Å². The molecule has 0 unspecified atom stereocenters. The van der Waals surface area contributed by atoms with E-state index in [0.717, 1.165) is 21.8 Å². The number of aryl methyl sites for hydroxylation is 2. The second-order valence-corrected chi connectivity index (χ2v) is 7.87. The molecular weight excluding hydrogens is 403 g/mol. The Morgan fingerprint density at radius 3 is 2.60 bits per heavy atom. The predicted octanol–water partition coefficient (Wildman–Crippen LogP) is 3.78. The van der Waals surface area contributed by atoms with Crippen LogP contribution in [-0.2, 0) is 6.54 Å². The van der Waals surface area contributed by atoms with Gasteiger partial charge in [0.1, 0.15) is 5.82 Å². The fourth-order valence-electron chi connectivity index (χ4n) is 3.02. The monoisotopic (exact) mass is 422 g/mol. The molecule has 0 fully saturated rings. The standard InChI is InChI=1S/C21H19FN6OS/c1-12-8-24-21(27-19(12)15-4-6-16(22)7-5-15)28-13(2)18(10-25-28)20(29)23-9-17-11-30-14(3)26-17/h4-8,10-11H,9H2,1-3H3,(H,23,29). The molecule has 1 amide bonds. The Morgan fingerprint density at radius 2 is 1.90 bits per heavy atom. The van der Waals surface area contributed by atoms with Gasteiger partial charge in [-0.15, -0.1) is 11.3 Å². The lowest BCUT2D eigenvalue weighted by atomic mass is 10.1. The first-order valence-corrected chi connectivity index (χ1v) is 10.1. The van der Waals surface area contributed by atoms with Gasteiger partial charge in [-0.1, -0.05) is 0 Å². The largest absolute Gasteiger partial charge is 0.346 e. The van der Waals surface area contributed by atoms with Gasteiger partial charge in [0.25, 0.3) is 11.9 Å². The second kappa shape index (κ2) is 8.11. The van der Waals surface area contributed by atoms with Gasteiger partial charge in [0.05, 0.1) is 40.4 Å². The summed E-state index contributed by atoms with van der Waals surface area (Å²) in [6.45, 7) is 5.95. The van der Waals surface area contributed by atoms with Crippen molar-refractivity contribution < 1.29 is 9.18 Å². The van der Waals surface area contributed by atoms with E-state index in [2.05, 4.69) is 25.4 Å². The van der Waals surface area contributed by atoms with Gasteiger partial charge >= 0.3 is 0 Å². The number of carbonyl (C=O) groups is 1. The Morgan fingerprint density at radius 1 is 1.13 bits per heavy atom. The van der Waals surface area contributed by atoms with Crippen molar-refractivity contribution in [3.8, 4) is 17.2 Å². The van der Waals surface area contributed by atoms with Gasteiger partial charge in [-0.2, -0.15) is 5.10 Å². The molecule has 1 N–H and O–H groups in total. The van der Waals surface area contributed by atoms with Crippen molar-refractivity contribution in [2.75, 3.05) is 0 Å². The van der Waals surface area contributed by atoms with Gasteiger partial charge in [0.15, 0.2) is 0 Å². The predicted molar refractivity (Wildman–Crippen MR) is 112 cm³/mol. The molecule has 0 saturated heterocycles. The molecule has 7 nitrogen and oxygen atoms in total. The summed E-state index contributed by atoms with van der Waals surface area (Å²) in [7, 11) is 0. The Balaban J connectivity index is 1.59. The SMILES string of the molecule is Cc1nc(CNC(=O)c2cnn(-c3ncc(C)c(-c4ccc(F)cc4)n3)c2C)cs1. The molecule has 9 heteroatoms. The summed E-state index contributed by atoms with van der Waals surface area (Å²) in [4.78, 5) is 25.9. The van der Waals surface area contributed by atoms with Crippen molar-refractivity contribution in [2.45, 2.75) is 27.3 Å². The molecule has 30 heavy (non-hydrogen) atoms. The van der Waals surface area contributed by atoms with E-state index >= 15 is 0 Å². The van der Waals surface area contributed by atoms with Crippen LogP contribution < -0.4 is 5.32 Å². The first-order chi connectivity index (χ1) is 14.4. The number of hydrogen-bond acceptors (Lipinski definition) is 6. The van der Waals surface area contributed by atoms with Crippen LogP contribution in [0.2, 0.25) is 0 Å². The van der Waals surface area contributed by atoms with Crippen molar-refractivity contribution in [1.82, 2.24) is 30.0 Å². The van der Waals surface area contributed by atoms with Crippen molar-refractivity contribution in [2.24, 2.45) is 0 Å². The average Bonchev–Trinajstić information content (AvgIpc) is 3.33. The van der Waals surface area contributed by atoms with E-state index in [1.165, 1.54) is 23.0 Å². The summed E-state index contributed by atoms with van der Waals surface area (Å²) in [5, 5.41) is 10.0. The molecule has 0 aliphatic rings. The molecule has 0 aliphatic heterocycles. The number of amides is 1. The molecule has 0 saturated carbocycles. The van der Waals surface area contributed by atoms with Crippen LogP contribution in [0.15, 0.2) is 42.0 Å². The topological polar surface area (TPSA) is 85.6 Å². The molecule has 0 radical (unpaired) electrons. The Labute approximate surface area is 176 Å². The third kappa shape index (κ3) is 3.97. The zero-order chi connectivity index (χ0) is 21.3. The highest BCUT2D eigenvalue weighted by molar-refractivity contribution is 7.09. The molecule has 0 spiro atoms. The van der Waals surface area contributed by atoms with Crippen LogP contribution in [-0.4, -0.2) is 30.6 Å². The van der Waals surface area contributed by atoms with Crippen molar-refractivity contribution >= 4 is 17.2 Å². The third-order valence-corrected chi connectivity index (χ3v) is 5.44. The maximum Gasteiger partial charge on any atom is 0.255 e. The number of halogens is 1. The van der Waals surface area contributed by atoms with Crippen LogP contribution in [0.25, 0.3) is 17.2 Å². The summed E-state index contributed by atoms with van der Waals surface area (Å²) in [5.74, 6) is -0.209. The summed E-state index contributed by atoms with van der Waals surface area (Å²) in [5.41, 5.74) is 4.19. The molecule has 0 bridgehead atoms. The molecule has 0 aliphatic carbocycles. The van der Waals surface area contributed by atoms with Gasteiger partial charge in [0.2, 0.25) is 0 Å². The van der Waals surface area contributed by atoms with Crippen molar-refractivity contribution in [1.29, 1.82) is 0 Å². The average molecular weight is 422 g/mol. The molecule has 4 rings (SSSR count). The summed E-state index contributed by atoms with van der Waals surface area (Å²) in [6, 6.07) is 6.12. The van der Waals surface area contributed by atoms with Crippen LogP contribution in [0.5, 0.6) is 0 Å². The molecule has 3 heterocycles. The van der Waals surface area contributed by atoms with E-state index in [0.29, 0.717) is 29.4 Å². The minimum Gasteiger partial charge on any atom is -0.346 e. The maximum absolute atomic E-state index is 13.3. The number of nitrogens with zero attached hydrogens (tertiary/aromatic N) is 5. The van der Waals surface area contributed by atoms with Crippen LogP contribution in [0.3, 0.4) is 0 Å². The molecule has 3 aromatic heterocycles. The highest BCUT2D eigenvalue weighted by Gasteiger charge is 2.17. The van der Waals surface area contributed by atoms with Crippen LogP contribution in [0.4, 0.5) is 4.39 Å². The quantitative estimate of drug-likeness (QED) is 0.529. The lowest BCUT2D eigenvalue weighted by Gasteiger charge is -2.09. The molecule has 1 aromatic carbocycles. The highest BCUT2D eigenvalue weighted by atomic mass is 32.1. The van der Waals surface area contributed by atoms with Crippen LogP contribution in [0.1, 0.15) is 32.3 Å². The van der Waals surface area contributed by atoms with E-state index in [1.807, 2.05) is 19.2 Å². The van der Waals surface area contributed by atoms with E-state index in [9.17, 15) is 9.18 Å². The Bertz CT molecular complexity index is 1210. The number of nitrogens with one attached hydrogen (secondary N) is 1. The molecular formula is C21H19FN6OS. The smallest absolute Gasteiger partial charge is 0.255 e. The van der Waals surface area contributed by atoms with E-state index < -0.39 is 0 Å². The lowest BCUT2D eigenvalue weighted by molar-refractivity contribution is 0.0950. The minimum absolute atomic E-state index is 0.240. The normalized spacial score (nSPS) is 10.9. The zero-order valence-corrected chi connectivity index (χ0v) is 17.5. The zero-order valence-electron chi connectivity index (χ0n) is 16.7. The number of thiazole rings is 1. The van der Waals surface area contributed by atoms with Gasteiger partial charge in [-0.05, 0) is 50.6 Å². The maximum atomic E-state index is 13.3. The number of aromatic nitrogens is 5. The van der Waals surface area contributed by atoms with Crippen molar-refractivity contribution in [3.05, 3.63) is 75.4 Å². The number of hydrogen-bond donors (Lipinski definition) is 1. The van der Waals surface area contributed by atoms with Gasteiger partial charge in [0, 0.05) is 17.1 Å². The fourth-order valence-corrected chi connectivity index (χ4v) is 3.64. The van der Waals surface area contributed by atoms with Gasteiger partial charge < -0.3 is 5.32 Å². The fraction of sp³-hybridized carbons (Fsp3) is 0.190. The number of benzene rings is 1. The van der Waals surface area contributed by atoms with Gasteiger partial charge in [-0.3, -0.25) is 4.79 Å². The molecule has 4 aromatic rings. The summed E-state index contributed by atoms with van der Waals surface area (Å²) >= 11 is 1.54. The van der Waals surface area contributed by atoms with E-state index in [-0.39, 0.29) is 11.7 Å². The van der Waals surface area contributed by atoms with E-state index in [1.54, 1.807) is 36.6 Å². The number of rotatable bonds is 5. The van der Waals surface area contributed by atoms with Crippen LogP contribution in [0, 0.1) is 26.6 Å². The highest BCUT2D eigenvalue weighted by Crippen LogP contribution is 2.22. The third-order valence-electron chi connectivity index (χ3n) is 4.62. The summed E-state index contributed by atoms with van der Waals surface area (Å²) < 4.78 is 14.8. The first-order valence-electron chi connectivity index (χ1n) is 9.26. The molecule has 0 atom stereocenters. The van der Waals surface area contributed by atoms with E-state index in [4.69, 9.17) is 0 Å². The summed E-state index contributed by atoms with van der Waals surface area (Å²) in [6.07, 6.45) is 3.18. The Hall–Kier alpha value is -3.46. The van der Waals surface area contributed by atoms with Gasteiger partial charge in [-0.25, -0.2) is 24.0 Å². The van der Waals surface area contributed by atoms with Crippen molar-refractivity contribution in [3.63, 3.8) is 0 Å². The minimum atomic E-state index is -0.308. The lowest BCUT2D eigenvalue weighted by Crippen LogP contribution is -2.23. The number of carbonyl (C=O) groups excluding carboxylic acids is 1. The second-order valence-electron chi connectivity index (χ2n) is 6.80. The first kappa shape index (κ1) is 19.8. The Kier molecular flexibility index (Phi) is 5.37.